The Kier molecular flexibility index (Phi) is 5.56. The van der Waals surface area contributed by atoms with Crippen molar-refractivity contribution >= 4 is 34.0 Å². The molecule has 1 aliphatic carbocycles. The highest BCUT2D eigenvalue weighted by molar-refractivity contribution is 7.19. The van der Waals surface area contributed by atoms with Crippen molar-refractivity contribution in [2.45, 2.75) is 31.1 Å². The molecule has 2 atom stereocenters. The van der Waals surface area contributed by atoms with E-state index in [1.165, 1.54) is 12.5 Å². The fourth-order valence-corrected chi connectivity index (χ4v) is 4.55. The molecule has 1 N–H and O–H groups in total. The number of carbonyl (C=O) groups excluding carboxylic acids is 1. The molecule has 1 saturated carbocycles. The summed E-state index contributed by atoms with van der Waals surface area (Å²) in [5, 5.41) is 3.09. The number of amides is 1. The van der Waals surface area contributed by atoms with Crippen molar-refractivity contribution in [3.63, 3.8) is 0 Å². The van der Waals surface area contributed by atoms with Crippen LogP contribution in [0.15, 0.2) is 49.2 Å². The number of benzene rings is 1. The van der Waals surface area contributed by atoms with Gasteiger partial charge < -0.3 is 5.32 Å². The van der Waals surface area contributed by atoms with E-state index in [0.717, 1.165) is 22.5 Å². The summed E-state index contributed by atoms with van der Waals surface area (Å²) in [6.07, 6.45) is 6.05. The second kappa shape index (κ2) is 8.12. The normalized spacial score (nSPS) is 19.1. The molecule has 0 bridgehead atoms. The molecule has 2 aromatic heterocycles. The fourth-order valence-electron chi connectivity index (χ4n) is 3.73. The van der Waals surface area contributed by atoms with E-state index >= 15 is 0 Å². The van der Waals surface area contributed by atoms with Gasteiger partial charge in [0.15, 0.2) is 5.13 Å². The third-order valence-corrected chi connectivity index (χ3v) is 6.10. The largest absolute Gasteiger partial charge is 0.301 e. The molecule has 1 amide bonds. The molecule has 1 fully saturated rings. The smallest absolute Gasteiger partial charge is 0.248 e. The van der Waals surface area contributed by atoms with Crippen LogP contribution in [0.4, 0.5) is 13.9 Å². The lowest BCUT2D eigenvalue weighted by atomic mass is 9.83. The molecular formula is C20H17ClF2N4OS. The first-order valence-electron chi connectivity index (χ1n) is 9.07. The average Bonchev–Trinajstić information content (AvgIpc) is 3.28. The number of nitrogens with one attached hydrogen (secondary N) is 1. The molecular weight excluding hydrogens is 418 g/mol. The second-order valence-corrected chi connectivity index (χ2v) is 8.71. The number of halogens is 3. The van der Waals surface area contributed by atoms with Gasteiger partial charge in [-0.15, -0.1) is 0 Å². The molecule has 0 radical (unpaired) electrons. The van der Waals surface area contributed by atoms with Gasteiger partial charge in [-0.25, -0.2) is 23.7 Å². The maximum absolute atomic E-state index is 13.9. The van der Waals surface area contributed by atoms with E-state index in [-0.39, 0.29) is 25.2 Å². The Labute approximate surface area is 175 Å². The number of aromatic nitrogens is 3. The molecule has 29 heavy (non-hydrogen) atoms. The first-order chi connectivity index (χ1) is 13.9. The second-order valence-electron chi connectivity index (χ2n) is 7.04. The molecule has 5 nitrogen and oxygen atoms in total. The Bertz CT molecular complexity index is 997. The number of carbonyl (C=O) groups is 1. The van der Waals surface area contributed by atoms with Gasteiger partial charge in [0, 0.05) is 30.8 Å². The van der Waals surface area contributed by atoms with E-state index in [0.29, 0.717) is 15.0 Å². The van der Waals surface area contributed by atoms with Crippen LogP contribution in [0.3, 0.4) is 0 Å². The maximum atomic E-state index is 13.9. The zero-order chi connectivity index (χ0) is 20.4. The quantitative estimate of drug-likeness (QED) is 0.582. The zero-order valence-electron chi connectivity index (χ0n) is 15.2. The summed E-state index contributed by atoms with van der Waals surface area (Å²) in [6.45, 7) is 0. The Balaban J connectivity index is 1.62. The van der Waals surface area contributed by atoms with Crippen molar-refractivity contribution in [3.05, 3.63) is 59.1 Å². The van der Waals surface area contributed by atoms with Crippen LogP contribution in [0.1, 0.15) is 30.7 Å². The van der Waals surface area contributed by atoms with Crippen molar-refractivity contribution in [1.29, 1.82) is 0 Å². The topological polar surface area (TPSA) is 67.8 Å². The number of rotatable bonds is 5. The van der Waals surface area contributed by atoms with Crippen LogP contribution < -0.4 is 5.32 Å². The van der Waals surface area contributed by atoms with E-state index in [4.69, 9.17) is 11.6 Å². The molecule has 1 aliphatic rings. The third kappa shape index (κ3) is 4.59. The maximum Gasteiger partial charge on any atom is 0.248 e. The summed E-state index contributed by atoms with van der Waals surface area (Å²) in [7, 11) is 0. The molecule has 0 aliphatic heterocycles. The van der Waals surface area contributed by atoms with Crippen LogP contribution in [0.2, 0.25) is 4.34 Å². The van der Waals surface area contributed by atoms with Gasteiger partial charge in [0.25, 0.3) is 0 Å². The van der Waals surface area contributed by atoms with Crippen molar-refractivity contribution in [3.8, 4) is 11.1 Å². The van der Waals surface area contributed by atoms with E-state index in [1.54, 1.807) is 24.5 Å². The molecule has 0 spiro atoms. The standard InChI is InChI=1S/C20H17ClF2N4OS/c21-16-10-26-19(29-16)27-18(28)17(14-5-6-20(22,23)7-14)13-3-1-12(2-4-13)15-8-24-11-25-9-15/h1-4,8-11,14,17H,5-7H2,(H,26,27,28). The summed E-state index contributed by atoms with van der Waals surface area (Å²) in [6, 6.07) is 7.30. The molecule has 2 heterocycles. The van der Waals surface area contributed by atoms with E-state index in [1.807, 2.05) is 12.1 Å². The van der Waals surface area contributed by atoms with Crippen LogP contribution in [-0.4, -0.2) is 26.8 Å². The molecule has 3 aromatic rings. The minimum absolute atomic E-state index is 0.204. The number of nitrogens with zero attached hydrogens (tertiary/aromatic N) is 3. The number of anilines is 1. The number of alkyl halides is 2. The minimum atomic E-state index is -2.74. The average molecular weight is 435 g/mol. The van der Waals surface area contributed by atoms with Crippen molar-refractivity contribution < 1.29 is 13.6 Å². The van der Waals surface area contributed by atoms with Gasteiger partial charge in [0.2, 0.25) is 11.8 Å². The summed E-state index contributed by atoms with van der Waals surface area (Å²) < 4.78 is 28.2. The van der Waals surface area contributed by atoms with Crippen molar-refractivity contribution in [1.82, 2.24) is 15.0 Å². The molecule has 9 heteroatoms. The number of hydrogen-bond acceptors (Lipinski definition) is 5. The molecule has 4 rings (SSSR count). The van der Waals surface area contributed by atoms with Gasteiger partial charge in [-0.3, -0.25) is 4.79 Å². The minimum Gasteiger partial charge on any atom is -0.301 e. The highest BCUT2D eigenvalue weighted by Crippen LogP contribution is 2.46. The zero-order valence-corrected chi connectivity index (χ0v) is 16.8. The van der Waals surface area contributed by atoms with Crippen molar-refractivity contribution in [2.75, 3.05) is 5.32 Å². The summed E-state index contributed by atoms with van der Waals surface area (Å²) >= 11 is 7.01. The lowest BCUT2D eigenvalue weighted by Crippen LogP contribution is -2.27. The summed E-state index contributed by atoms with van der Waals surface area (Å²) in [5.74, 6) is -4.25. The van der Waals surface area contributed by atoms with Gasteiger partial charge in [0.05, 0.1) is 12.1 Å². The molecule has 0 saturated heterocycles. The van der Waals surface area contributed by atoms with Gasteiger partial charge >= 0.3 is 0 Å². The Hall–Kier alpha value is -2.45. The predicted molar refractivity (Wildman–Crippen MR) is 108 cm³/mol. The SMILES string of the molecule is O=C(Nc1ncc(Cl)s1)C(c1ccc(-c2cncnc2)cc1)C1CCC(F)(F)C1. The number of thiazole rings is 1. The molecule has 1 aromatic carbocycles. The fraction of sp³-hybridized carbons (Fsp3) is 0.300. The van der Waals surface area contributed by atoms with Crippen molar-refractivity contribution in [2.24, 2.45) is 5.92 Å². The highest BCUT2D eigenvalue weighted by Gasteiger charge is 2.45. The van der Waals surface area contributed by atoms with E-state index in [2.05, 4.69) is 20.3 Å². The first-order valence-corrected chi connectivity index (χ1v) is 10.3. The number of hydrogen-bond donors (Lipinski definition) is 1. The Morgan fingerprint density at radius 3 is 2.48 bits per heavy atom. The van der Waals surface area contributed by atoms with Crippen LogP contribution in [0.25, 0.3) is 11.1 Å². The third-order valence-electron chi connectivity index (χ3n) is 5.07. The molecule has 2 unspecified atom stereocenters. The lowest BCUT2D eigenvalue weighted by Gasteiger charge is -2.23. The van der Waals surface area contributed by atoms with E-state index < -0.39 is 17.8 Å². The highest BCUT2D eigenvalue weighted by atomic mass is 35.5. The van der Waals surface area contributed by atoms with Crippen LogP contribution in [0, 0.1) is 5.92 Å². The summed E-state index contributed by atoms with van der Waals surface area (Å²) in [4.78, 5) is 25.1. The van der Waals surface area contributed by atoms with E-state index in [9.17, 15) is 13.6 Å². The monoisotopic (exact) mass is 434 g/mol. The van der Waals surface area contributed by atoms with Crippen LogP contribution in [0.5, 0.6) is 0 Å². The predicted octanol–water partition coefficient (Wildman–Crippen LogP) is 5.41. The van der Waals surface area contributed by atoms with Gasteiger partial charge in [0.1, 0.15) is 10.7 Å². The Morgan fingerprint density at radius 2 is 1.90 bits per heavy atom. The Morgan fingerprint density at radius 1 is 1.17 bits per heavy atom. The molecule has 150 valence electrons. The van der Waals surface area contributed by atoms with Crippen LogP contribution >= 0.6 is 22.9 Å². The van der Waals surface area contributed by atoms with Gasteiger partial charge in [-0.2, -0.15) is 0 Å². The lowest BCUT2D eigenvalue weighted by molar-refractivity contribution is -0.118. The van der Waals surface area contributed by atoms with Gasteiger partial charge in [-0.1, -0.05) is 47.2 Å². The van der Waals surface area contributed by atoms with Gasteiger partial charge in [-0.05, 0) is 23.5 Å². The van der Waals surface area contributed by atoms with Crippen LogP contribution in [-0.2, 0) is 4.79 Å². The summed E-state index contributed by atoms with van der Waals surface area (Å²) in [5.41, 5.74) is 2.41. The first kappa shape index (κ1) is 19.8.